The summed E-state index contributed by atoms with van der Waals surface area (Å²) >= 11 is 1.78. The van der Waals surface area contributed by atoms with Crippen molar-refractivity contribution in [2.24, 2.45) is 0 Å². The van der Waals surface area contributed by atoms with E-state index in [2.05, 4.69) is 6.92 Å². The molecule has 2 rings (SSSR count). The molecule has 1 saturated heterocycles. The van der Waals surface area contributed by atoms with Crippen molar-refractivity contribution in [1.29, 1.82) is 0 Å². The summed E-state index contributed by atoms with van der Waals surface area (Å²) in [5, 5.41) is 11.0. The van der Waals surface area contributed by atoms with Gasteiger partial charge in [-0.1, -0.05) is 19.1 Å². The lowest BCUT2D eigenvalue weighted by molar-refractivity contribution is 0.0471. The Labute approximate surface area is 93.7 Å². The normalized spacial score (nSPS) is 31.5. The van der Waals surface area contributed by atoms with E-state index in [0.29, 0.717) is 11.0 Å². The Morgan fingerprint density at radius 3 is 2.60 bits per heavy atom. The fourth-order valence-corrected chi connectivity index (χ4v) is 3.02. The maximum absolute atomic E-state index is 12.8. The Bertz CT molecular complexity index is 328. The lowest BCUT2D eigenvalue weighted by Crippen LogP contribution is -2.33. The highest BCUT2D eigenvalue weighted by atomic mass is 32.2. The highest BCUT2D eigenvalue weighted by Gasteiger charge is 2.33. The molecule has 0 bridgehead atoms. The zero-order chi connectivity index (χ0) is 10.9. The molecule has 0 aliphatic carbocycles. The van der Waals surface area contributed by atoms with Gasteiger partial charge in [-0.2, -0.15) is 11.8 Å². The van der Waals surface area contributed by atoms with Gasteiger partial charge >= 0.3 is 0 Å². The molecule has 1 aromatic rings. The Hall–Kier alpha value is -0.540. The predicted octanol–water partition coefficient (Wildman–Crippen LogP) is 2.93. The summed E-state index contributed by atoms with van der Waals surface area (Å²) in [6.07, 6.45) is 1.78. The smallest absolute Gasteiger partial charge is 0.123 e. The van der Waals surface area contributed by atoms with Gasteiger partial charge < -0.3 is 5.11 Å². The summed E-state index contributed by atoms with van der Waals surface area (Å²) in [6, 6.07) is 6.20. The fourth-order valence-electron chi connectivity index (χ4n) is 1.87. The van der Waals surface area contributed by atoms with E-state index in [1.165, 1.54) is 12.1 Å². The molecule has 3 heteroatoms. The van der Waals surface area contributed by atoms with Crippen LogP contribution in [-0.4, -0.2) is 16.1 Å². The molecule has 0 amide bonds. The number of rotatable bonds is 1. The molecular weight excluding hydrogens is 211 g/mol. The van der Waals surface area contributed by atoms with Crippen molar-refractivity contribution in [1.82, 2.24) is 0 Å². The Morgan fingerprint density at radius 1 is 1.40 bits per heavy atom. The highest BCUT2D eigenvalue weighted by molar-refractivity contribution is 7.99. The SMILES string of the molecule is C[C@H]1CC[C@@](O)(c2ccc(F)cc2)CS1. The molecule has 0 radical (unpaired) electrons. The molecule has 1 nitrogen and oxygen atoms in total. The molecular formula is C12H15FOS. The van der Waals surface area contributed by atoms with E-state index in [0.717, 1.165) is 18.4 Å². The summed E-state index contributed by atoms with van der Waals surface area (Å²) in [5.74, 6) is 0.457. The molecule has 1 aliphatic heterocycles. The van der Waals surface area contributed by atoms with Gasteiger partial charge in [-0.25, -0.2) is 4.39 Å². The van der Waals surface area contributed by atoms with Gasteiger partial charge in [0.1, 0.15) is 5.82 Å². The van der Waals surface area contributed by atoms with Gasteiger partial charge in [0.05, 0.1) is 5.60 Å². The van der Waals surface area contributed by atoms with Crippen molar-refractivity contribution in [3.63, 3.8) is 0 Å². The summed E-state index contributed by atoms with van der Waals surface area (Å²) in [5.41, 5.74) is 0.0773. The number of hydrogen-bond donors (Lipinski definition) is 1. The van der Waals surface area contributed by atoms with Gasteiger partial charge in [-0.3, -0.25) is 0 Å². The fraction of sp³-hybridized carbons (Fsp3) is 0.500. The molecule has 2 atom stereocenters. The van der Waals surface area contributed by atoms with Crippen LogP contribution in [-0.2, 0) is 5.60 Å². The molecule has 1 heterocycles. The molecule has 1 N–H and O–H groups in total. The van der Waals surface area contributed by atoms with E-state index in [1.807, 2.05) is 0 Å². The Morgan fingerprint density at radius 2 is 2.07 bits per heavy atom. The summed E-state index contributed by atoms with van der Waals surface area (Å²) in [4.78, 5) is 0. The van der Waals surface area contributed by atoms with Gasteiger partial charge in [-0.05, 0) is 30.5 Å². The van der Waals surface area contributed by atoms with E-state index in [1.54, 1.807) is 23.9 Å². The van der Waals surface area contributed by atoms with Crippen LogP contribution in [0, 0.1) is 5.82 Å². The molecule has 15 heavy (non-hydrogen) atoms. The van der Waals surface area contributed by atoms with Crippen LogP contribution in [0.4, 0.5) is 4.39 Å². The van der Waals surface area contributed by atoms with Crippen LogP contribution in [0.2, 0.25) is 0 Å². The van der Waals surface area contributed by atoms with Crippen molar-refractivity contribution >= 4 is 11.8 Å². The van der Waals surface area contributed by atoms with Gasteiger partial charge in [-0.15, -0.1) is 0 Å². The van der Waals surface area contributed by atoms with Crippen LogP contribution < -0.4 is 0 Å². The van der Waals surface area contributed by atoms with E-state index in [9.17, 15) is 9.50 Å². The zero-order valence-electron chi connectivity index (χ0n) is 8.74. The van der Waals surface area contributed by atoms with Gasteiger partial charge in [0.15, 0.2) is 0 Å². The minimum Gasteiger partial charge on any atom is -0.384 e. The molecule has 1 fully saturated rings. The summed E-state index contributed by atoms with van der Waals surface area (Å²) in [7, 11) is 0. The van der Waals surface area contributed by atoms with Crippen LogP contribution in [0.25, 0.3) is 0 Å². The Balaban J connectivity index is 2.18. The minimum absolute atomic E-state index is 0.251. The zero-order valence-corrected chi connectivity index (χ0v) is 9.56. The lowest BCUT2D eigenvalue weighted by atomic mass is 9.90. The number of halogens is 1. The number of benzene rings is 1. The minimum atomic E-state index is -0.759. The third kappa shape index (κ3) is 2.34. The van der Waals surface area contributed by atoms with Crippen LogP contribution in [0.15, 0.2) is 24.3 Å². The van der Waals surface area contributed by atoms with Gasteiger partial charge in [0, 0.05) is 11.0 Å². The van der Waals surface area contributed by atoms with Crippen molar-refractivity contribution < 1.29 is 9.50 Å². The molecule has 0 saturated carbocycles. The van der Waals surface area contributed by atoms with E-state index in [4.69, 9.17) is 0 Å². The van der Waals surface area contributed by atoms with Crippen molar-refractivity contribution in [2.45, 2.75) is 30.6 Å². The van der Waals surface area contributed by atoms with Crippen molar-refractivity contribution in [2.75, 3.05) is 5.75 Å². The maximum Gasteiger partial charge on any atom is 0.123 e. The van der Waals surface area contributed by atoms with E-state index in [-0.39, 0.29) is 5.82 Å². The van der Waals surface area contributed by atoms with Crippen molar-refractivity contribution in [3.05, 3.63) is 35.6 Å². The third-order valence-electron chi connectivity index (χ3n) is 2.95. The number of hydrogen-bond acceptors (Lipinski definition) is 2. The lowest BCUT2D eigenvalue weighted by Gasteiger charge is -2.34. The van der Waals surface area contributed by atoms with Gasteiger partial charge in [0.2, 0.25) is 0 Å². The summed E-state index contributed by atoms with van der Waals surface area (Å²) in [6.45, 7) is 2.18. The largest absolute Gasteiger partial charge is 0.384 e. The third-order valence-corrected chi connectivity index (χ3v) is 4.40. The van der Waals surface area contributed by atoms with E-state index >= 15 is 0 Å². The quantitative estimate of drug-likeness (QED) is 0.794. The number of aliphatic hydroxyl groups is 1. The summed E-state index contributed by atoms with van der Waals surface area (Å²) < 4.78 is 12.8. The first-order valence-electron chi connectivity index (χ1n) is 5.20. The molecule has 1 aromatic carbocycles. The molecule has 82 valence electrons. The molecule has 0 spiro atoms. The molecule has 1 aliphatic rings. The Kier molecular flexibility index (Phi) is 3.03. The molecule has 0 unspecified atom stereocenters. The monoisotopic (exact) mass is 226 g/mol. The van der Waals surface area contributed by atoms with Gasteiger partial charge in [0.25, 0.3) is 0 Å². The average molecular weight is 226 g/mol. The van der Waals surface area contributed by atoms with E-state index < -0.39 is 5.60 Å². The number of thioether (sulfide) groups is 1. The average Bonchev–Trinajstić information content (AvgIpc) is 2.24. The highest BCUT2D eigenvalue weighted by Crippen LogP contribution is 2.38. The predicted molar refractivity (Wildman–Crippen MR) is 61.5 cm³/mol. The second kappa shape index (κ2) is 4.14. The first-order valence-corrected chi connectivity index (χ1v) is 6.25. The molecule has 0 aromatic heterocycles. The van der Waals surface area contributed by atoms with Crippen LogP contribution in [0.5, 0.6) is 0 Å². The van der Waals surface area contributed by atoms with Crippen LogP contribution in [0.3, 0.4) is 0 Å². The topological polar surface area (TPSA) is 20.2 Å². The standard InChI is InChI=1S/C12H15FOS/c1-9-6-7-12(14,8-15-9)10-2-4-11(13)5-3-10/h2-5,9,14H,6-8H2,1H3/t9-,12-/m0/s1. The van der Waals surface area contributed by atoms with Crippen molar-refractivity contribution in [3.8, 4) is 0 Å². The first-order chi connectivity index (χ1) is 7.10. The van der Waals surface area contributed by atoms with Crippen LogP contribution >= 0.6 is 11.8 Å². The maximum atomic E-state index is 12.8. The van der Waals surface area contributed by atoms with Crippen LogP contribution in [0.1, 0.15) is 25.3 Å². The first kappa shape index (κ1) is 11.0. The second-order valence-corrected chi connectivity index (χ2v) is 5.63. The second-order valence-electron chi connectivity index (χ2n) is 4.20.